The molecular formula is C15H17N3O2. The van der Waals surface area contributed by atoms with Crippen LogP contribution < -0.4 is 10.1 Å². The van der Waals surface area contributed by atoms with Crippen molar-refractivity contribution in [2.24, 2.45) is 0 Å². The van der Waals surface area contributed by atoms with Gasteiger partial charge in [0.1, 0.15) is 11.6 Å². The Morgan fingerprint density at radius 2 is 2.25 bits per heavy atom. The first-order valence-electron chi connectivity index (χ1n) is 6.73. The van der Waals surface area contributed by atoms with Crippen molar-refractivity contribution in [2.45, 2.75) is 32.3 Å². The van der Waals surface area contributed by atoms with Crippen LogP contribution in [0, 0.1) is 0 Å². The SMILES string of the molecule is CC(C)Oc1cccc([C@H]2CC(=O)Nc3[nH]ncc32)c1. The molecule has 1 atom stereocenters. The van der Waals surface area contributed by atoms with Crippen LogP contribution in [0.15, 0.2) is 30.5 Å². The molecule has 0 fully saturated rings. The molecule has 0 bridgehead atoms. The highest BCUT2D eigenvalue weighted by Gasteiger charge is 2.28. The summed E-state index contributed by atoms with van der Waals surface area (Å²) in [4.78, 5) is 11.8. The molecule has 2 N–H and O–H groups in total. The van der Waals surface area contributed by atoms with Crippen molar-refractivity contribution < 1.29 is 9.53 Å². The second-order valence-corrected chi connectivity index (χ2v) is 5.24. The molecule has 5 nitrogen and oxygen atoms in total. The van der Waals surface area contributed by atoms with Gasteiger partial charge in [-0.1, -0.05) is 12.1 Å². The number of nitrogens with one attached hydrogen (secondary N) is 2. The monoisotopic (exact) mass is 271 g/mol. The van der Waals surface area contributed by atoms with Gasteiger partial charge in [-0.05, 0) is 31.5 Å². The zero-order chi connectivity index (χ0) is 14.1. The van der Waals surface area contributed by atoms with Gasteiger partial charge in [-0.15, -0.1) is 0 Å². The van der Waals surface area contributed by atoms with Crippen LogP contribution in [0.1, 0.15) is 37.3 Å². The first kappa shape index (κ1) is 12.7. The summed E-state index contributed by atoms with van der Waals surface area (Å²) in [5.74, 6) is 1.55. The maximum absolute atomic E-state index is 11.8. The van der Waals surface area contributed by atoms with E-state index in [1.165, 1.54) is 0 Å². The van der Waals surface area contributed by atoms with E-state index in [0.29, 0.717) is 12.2 Å². The minimum absolute atomic E-state index is 0.00179. The number of hydrogen-bond acceptors (Lipinski definition) is 3. The molecule has 2 heterocycles. The van der Waals surface area contributed by atoms with E-state index < -0.39 is 0 Å². The Morgan fingerprint density at radius 1 is 1.40 bits per heavy atom. The third-order valence-electron chi connectivity index (χ3n) is 3.33. The molecule has 0 spiro atoms. The minimum Gasteiger partial charge on any atom is -0.491 e. The summed E-state index contributed by atoms with van der Waals surface area (Å²) < 4.78 is 5.72. The molecule has 0 saturated carbocycles. The van der Waals surface area contributed by atoms with Gasteiger partial charge in [0.15, 0.2) is 0 Å². The lowest BCUT2D eigenvalue weighted by atomic mass is 9.87. The predicted octanol–water partition coefficient (Wildman–Crippen LogP) is 2.67. The third kappa shape index (κ3) is 2.39. The van der Waals surface area contributed by atoms with E-state index in [2.05, 4.69) is 15.5 Å². The fourth-order valence-corrected chi connectivity index (χ4v) is 2.52. The van der Waals surface area contributed by atoms with E-state index in [9.17, 15) is 4.79 Å². The molecule has 2 aromatic rings. The topological polar surface area (TPSA) is 67.0 Å². The van der Waals surface area contributed by atoms with Crippen molar-refractivity contribution in [3.05, 3.63) is 41.6 Å². The van der Waals surface area contributed by atoms with Crippen LogP contribution in [0.2, 0.25) is 0 Å². The Hall–Kier alpha value is -2.30. The summed E-state index contributed by atoms with van der Waals surface area (Å²) in [7, 11) is 0. The van der Waals surface area contributed by atoms with Crippen LogP contribution in [0.5, 0.6) is 5.75 Å². The Labute approximate surface area is 117 Å². The third-order valence-corrected chi connectivity index (χ3v) is 3.33. The van der Waals surface area contributed by atoms with Crippen molar-refractivity contribution in [2.75, 3.05) is 5.32 Å². The molecule has 5 heteroatoms. The number of rotatable bonds is 3. The summed E-state index contributed by atoms with van der Waals surface area (Å²) in [6.07, 6.45) is 2.33. The van der Waals surface area contributed by atoms with Crippen LogP contribution in [-0.2, 0) is 4.79 Å². The van der Waals surface area contributed by atoms with Crippen molar-refractivity contribution in [1.29, 1.82) is 0 Å². The molecule has 0 aliphatic carbocycles. The van der Waals surface area contributed by atoms with Crippen LogP contribution in [0.25, 0.3) is 0 Å². The molecule has 1 amide bonds. The average Bonchev–Trinajstić information content (AvgIpc) is 2.85. The van der Waals surface area contributed by atoms with E-state index in [4.69, 9.17) is 4.74 Å². The number of benzene rings is 1. The molecular weight excluding hydrogens is 254 g/mol. The Bertz CT molecular complexity index is 634. The van der Waals surface area contributed by atoms with Gasteiger partial charge < -0.3 is 10.1 Å². The maximum Gasteiger partial charge on any atom is 0.226 e. The largest absolute Gasteiger partial charge is 0.491 e. The summed E-state index contributed by atoms with van der Waals surface area (Å²) in [6.45, 7) is 3.99. The number of hydrogen-bond donors (Lipinski definition) is 2. The highest BCUT2D eigenvalue weighted by molar-refractivity contribution is 5.94. The number of carbonyl (C=O) groups excluding carboxylic acids is 1. The van der Waals surface area contributed by atoms with Gasteiger partial charge in [0.2, 0.25) is 5.91 Å². The number of H-pyrrole nitrogens is 1. The van der Waals surface area contributed by atoms with Gasteiger partial charge in [-0.25, -0.2) is 0 Å². The summed E-state index contributed by atoms with van der Waals surface area (Å²) in [5, 5.41) is 9.63. The molecule has 1 aliphatic heterocycles. The lowest BCUT2D eigenvalue weighted by molar-refractivity contribution is -0.116. The van der Waals surface area contributed by atoms with Crippen molar-refractivity contribution >= 4 is 11.7 Å². The minimum atomic E-state index is 0.00179. The summed E-state index contributed by atoms with van der Waals surface area (Å²) in [5.41, 5.74) is 2.09. The number of anilines is 1. The van der Waals surface area contributed by atoms with E-state index in [1.807, 2.05) is 38.1 Å². The maximum atomic E-state index is 11.8. The summed E-state index contributed by atoms with van der Waals surface area (Å²) >= 11 is 0. The quantitative estimate of drug-likeness (QED) is 0.902. The van der Waals surface area contributed by atoms with Crippen molar-refractivity contribution in [3.63, 3.8) is 0 Å². The average molecular weight is 271 g/mol. The Balaban J connectivity index is 1.95. The Morgan fingerprint density at radius 3 is 3.05 bits per heavy atom. The molecule has 1 aromatic carbocycles. The first-order valence-corrected chi connectivity index (χ1v) is 6.73. The second-order valence-electron chi connectivity index (χ2n) is 5.24. The number of aromatic amines is 1. The molecule has 20 heavy (non-hydrogen) atoms. The fourth-order valence-electron chi connectivity index (χ4n) is 2.52. The number of amides is 1. The number of carbonyl (C=O) groups is 1. The number of fused-ring (bicyclic) bond motifs is 1. The number of nitrogens with zero attached hydrogens (tertiary/aromatic N) is 1. The molecule has 0 saturated heterocycles. The van der Waals surface area contributed by atoms with Crippen molar-refractivity contribution in [1.82, 2.24) is 10.2 Å². The van der Waals surface area contributed by atoms with Crippen LogP contribution in [0.4, 0.5) is 5.82 Å². The lowest BCUT2D eigenvalue weighted by Gasteiger charge is -2.23. The summed E-state index contributed by atoms with van der Waals surface area (Å²) in [6, 6.07) is 7.91. The number of ether oxygens (including phenoxy) is 1. The molecule has 3 rings (SSSR count). The van der Waals surface area contributed by atoms with Crippen molar-refractivity contribution in [3.8, 4) is 5.75 Å². The zero-order valence-corrected chi connectivity index (χ0v) is 11.5. The highest BCUT2D eigenvalue weighted by Crippen LogP contribution is 2.36. The molecule has 1 aliphatic rings. The van der Waals surface area contributed by atoms with Gasteiger partial charge in [0, 0.05) is 17.9 Å². The molecule has 1 aromatic heterocycles. The molecule has 104 valence electrons. The lowest BCUT2D eigenvalue weighted by Crippen LogP contribution is -2.23. The normalized spacial score (nSPS) is 17.8. The molecule has 0 radical (unpaired) electrons. The molecule has 0 unspecified atom stereocenters. The van der Waals surface area contributed by atoms with Gasteiger partial charge in [0.05, 0.1) is 12.3 Å². The second kappa shape index (κ2) is 5.00. The van der Waals surface area contributed by atoms with Gasteiger partial charge in [0.25, 0.3) is 0 Å². The fraction of sp³-hybridized carbons (Fsp3) is 0.333. The first-order chi connectivity index (χ1) is 9.63. The highest BCUT2D eigenvalue weighted by atomic mass is 16.5. The van der Waals surface area contributed by atoms with E-state index in [1.54, 1.807) is 6.20 Å². The standard InChI is InChI=1S/C15H17N3O2/c1-9(2)20-11-5-3-4-10(6-11)12-7-14(19)17-15-13(12)8-16-18-15/h3-6,8-9,12H,7H2,1-2H3,(H2,16,17,18,19)/t12-/m1/s1. The van der Waals surface area contributed by atoms with Crippen LogP contribution in [0.3, 0.4) is 0 Å². The van der Waals surface area contributed by atoms with Gasteiger partial charge in [-0.2, -0.15) is 5.10 Å². The van der Waals surface area contributed by atoms with Crippen LogP contribution >= 0.6 is 0 Å². The van der Waals surface area contributed by atoms with E-state index >= 15 is 0 Å². The van der Waals surface area contributed by atoms with Gasteiger partial charge >= 0.3 is 0 Å². The predicted molar refractivity (Wildman–Crippen MR) is 75.9 cm³/mol. The zero-order valence-electron chi connectivity index (χ0n) is 11.5. The Kier molecular flexibility index (Phi) is 3.18. The van der Waals surface area contributed by atoms with E-state index in [-0.39, 0.29) is 17.9 Å². The number of aromatic nitrogens is 2. The van der Waals surface area contributed by atoms with E-state index in [0.717, 1.165) is 16.9 Å². The smallest absolute Gasteiger partial charge is 0.226 e. The van der Waals surface area contributed by atoms with Crippen LogP contribution in [-0.4, -0.2) is 22.2 Å². The van der Waals surface area contributed by atoms with Gasteiger partial charge in [-0.3, -0.25) is 9.89 Å².